The van der Waals surface area contributed by atoms with Crippen molar-refractivity contribution in [3.63, 3.8) is 0 Å². The van der Waals surface area contributed by atoms with Crippen molar-refractivity contribution in [2.45, 2.75) is 20.3 Å². The van der Waals surface area contributed by atoms with Gasteiger partial charge >= 0.3 is 0 Å². The van der Waals surface area contributed by atoms with Crippen molar-refractivity contribution in [3.8, 4) is 0 Å². The highest BCUT2D eigenvalue weighted by Crippen LogP contribution is 2.33. The van der Waals surface area contributed by atoms with Gasteiger partial charge in [0.15, 0.2) is 0 Å². The minimum absolute atomic E-state index is 0.884. The number of fused-ring (bicyclic) bond motifs is 1. The number of hydrogen-bond donors (Lipinski definition) is 0. The predicted molar refractivity (Wildman–Crippen MR) is 61.0 cm³/mol. The lowest BCUT2D eigenvalue weighted by Crippen LogP contribution is -1.85. The van der Waals surface area contributed by atoms with Crippen LogP contribution in [0.15, 0.2) is 17.5 Å². The monoisotopic (exact) mass is 210 g/mol. The van der Waals surface area contributed by atoms with Gasteiger partial charge in [-0.1, -0.05) is 30.7 Å². The summed E-state index contributed by atoms with van der Waals surface area (Å²) in [6.45, 7) is 4.35. The maximum atomic E-state index is 6.06. The van der Waals surface area contributed by atoms with Gasteiger partial charge in [-0.2, -0.15) is 0 Å². The smallest absolute Gasteiger partial charge is 0.0591 e. The maximum absolute atomic E-state index is 6.06. The van der Waals surface area contributed by atoms with Gasteiger partial charge in [0.1, 0.15) is 0 Å². The molecule has 0 aliphatic rings. The molecule has 0 amide bonds. The quantitative estimate of drug-likeness (QED) is 0.654. The standard InChI is InChI=1S/C11H11ClS/c1-3-8-7(2)4-5-9-10(12)6-13-11(8)9/h4-6H,3H2,1-2H3. The first-order valence-electron chi connectivity index (χ1n) is 4.39. The third-order valence-electron chi connectivity index (χ3n) is 2.39. The van der Waals surface area contributed by atoms with Crippen LogP contribution in [-0.2, 0) is 6.42 Å². The van der Waals surface area contributed by atoms with E-state index >= 15 is 0 Å². The van der Waals surface area contributed by atoms with Crippen molar-refractivity contribution in [2.24, 2.45) is 0 Å². The summed E-state index contributed by atoms with van der Waals surface area (Å²) in [5.41, 5.74) is 2.81. The summed E-state index contributed by atoms with van der Waals surface area (Å²) in [4.78, 5) is 0. The molecule has 0 aliphatic heterocycles. The molecule has 0 saturated heterocycles. The van der Waals surface area contributed by atoms with Crippen molar-refractivity contribution in [3.05, 3.63) is 33.7 Å². The first kappa shape index (κ1) is 9.04. The Bertz CT molecular complexity index is 443. The van der Waals surface area contributed by atoms with Crippen LogP contribution < -0.4 is 0 Å². The van der Waals surface area contributed by atoms with E-state index in [0.29, 0.717) is 0 Å². The number of aryl methyl sites for hydroxylation is 2. The van der Waals surface area contributed by atoms with Gasteiger partial charge in [0, 0.05) is 15.5 Å². The Hall–Kier alpha value is -0.530. The van der Waals surface area contributed by atoms with E-state index in [1.54, 1.807) is 11.3 Å². The third-order valence-corrected chi connectivity index (χ3v) is 3.88. The molecule has 0 fully saturated rings. The topological polar surface area (TPSA) is 0 Å². The maximum Gasteiger partial charge on any atom is 0.0591 e. The zero-order valence-corrected chi connectivity index (χ0v) is 9.30. The molecule has 2 heteroatoms. The summed E-state index contributed by atoms with van der Waals surface area (Å²) in [5.74, 6) is 0. The first-order valence-corrected chi connectivity index (χ1v) is 5.65. The molecule has 0 spiro atoms. The van der Waals surface area contributed by atoms with Gasteiger partial charge in [-0.3, -0.25) is 0 Å². The normalized spacial score (nSPS) is 11.0. The van der Waals surface area contributed by atoms with Gasteiger partial charge in [0.05, 0.1) is 5.02 Å². The zero-order chi connectivity index (χ0) is 9.42. The van der Waals surface area contributed by atoms with E-state index in [2.05, 4.69) is 26.0 Å². The number of rotatable bonds is 1. The van der Waals surface area contributed by atoms with Gasteiger partial charge in [0.2, 0.25) is 0 Å². The molecule has 0 radical (unpaired) electrons. The number of benzene rings is 1. The van der Waals surface area contributed by atoms with Crippen molar-refractivity contribution in [1.82, 2.24) is 0 Å². The molecule has 13 heavy (non-hydrogen) atoms. The van der Waals surface area contributed by atoms with E-state index in [-0.39, 0.29) is 0 Å². The van der Waals surface area contributed by atoms with E-state index in [1.807, 2.05) is 5.38 Å². The lowest BCUT2D eigenvalue weighted by atomic mass is 10.0. The minimum atomic E-state index is 0.884. The van der Waals surface area contributed by atoms with Crippen molar-refractivity contribution >= 4 is 33.0 Å². The van der Waals surface area contributed by atoms with Crippen LogP contribution in [0.1, 0.15) is 18.1 Å². The number of halogens is 1. The Labute approximate surface area is 87.2 Å². The average Bonchev–Trinajstić information content (AvgIpc) is 2.48. The third kappa shape index (κ3) is 1.36. The molecule has 1 heterocycles. The fraction of sp³-hybridized carbons (Fsp3) is 0.273. The average molecular weight is 211 g/mol. The van der Waals surface area contributed by atoms with Crippen molar-refractivity contribution < 1.29 is 0 Å². The van der Waals surface area contributed by atoms with Crippen LogP contribution in [0.25, 0.3) is 10.1 Å². The summed E-state index contributed by atoms with van der Waals surface area (Å²) in [6.07, 6.45) is 1.08. The Morgan fingerprint density at radius 3 is 2.85 bits per heavy atom. The van der Waals surface area contributed by atoms with Gasteiger partial charge in [-0.25, -0.2) is 0 Å². The predicted octanol–water partition coefficient (Wildman–Crippen LogP) is 4.43. The van der Waals surface area contributed by atoms with E-state index < -0.39 is 0 Å². The highest BCUT2D eigenvalue weighted by Gasteiger charge is 2.07. The lowest BCUT2D eigenvalue weighted by molar-refractivity contribution is 1.13. The first-order chi connectivity index (χ1) is 6.24. The highest BCUT2D eigenvalue weighted by atomic mass is 35.5. The van der Waals surface area contributed by atoms with Crippen molar-refractivity contribution in [1.29, 1.82) is 0 Å². The summed E-state index contributed by atoms with van der Waals surface area (Å²) < 4.78 is 1.35. The van der Waals surface area contributed by atoms with Crippen LogP contribution in [0.5, 0.6) is 0 Å². The van der Waals surface area contributed by atoms with E-state index in [9.17, 15) is 0 Å². The molecule has 0 nitrogen and oxygen atoms in total. The SMILES string of the molecule is CCc1c(C)ccc2c(Cl)csc12. The van der Waals surface area contributed by atoms with Crippen LogP contribution >= 0.6 is 22.9 Å². The van der Waals surface area contributed by atoms with Crippen molar-refractivity contribution in [2.75, 3.05) is 0 Å². The highest BCUT2D eigenvalue weighted by molar-refractivity contribution is 7.18. The largest absolute Gasteiger partial charge is 0.142 e. The number of thiophene rings is 1. The molecule has 0 atom stereocenters. The molecule has 2 aromatic rings. The van der Waals surface area contributed by atoms with Gasteiger partial charge in [-0.15, -0.1) is 11.3 Å². The molecule has 1 aromatic heterocycles. The molecule has 0 bridgehead atoms. The summed E-state index contributed by atoms with van der Waals surface area (Å²) in [6, 6.07) is 4.27. The van der Waals surface area contributed by atoms with E-state index in [4.69, 9.17) is 11.6 Å². The van der Waals surface area contributed by atoms with Gasteiger partial charge in [0.25, 0.3) is 0 Å². The van der Waals surface area contributed by atoms with Crippen LogP contribution in [0.2, 0.25) is 5.02 Å². The molecule has 0 N–H and O–H groups in total. The van der Waals surface area contributed by atoms with Gasteiger partial charge in [-0.05, 0) is 24.5 Å². The Morgan fingerprint density at radius 2 is 2.15 bits per heavy atom. The number of hydrogen-bond acceptors (Lipinski definition) is 1. The summed E-state index contributed by atoms with van der Waals surface area (Å²) >= 11 is 7.81. The van der Waals surface area contributed by atoms with Gasteiger partial charge < -0.3 is 0 Å². The Morgan fingerprint density at radius 1 is 1.38 bits per heavy atom. The molecular formula is C11H11ClS. The molecule has 0 aliphatic carbocycles. The molecular weight excluding hydrogens is 200 g/mol. The second kappa shape index (κ2) is 3.32. The molecule has 0 unspecified atom stereocenters. The minimum Gasteiger partial charge on any atom is -0.142 e. The Balaban J connectivity index is 2.85. The fourth-order valence-corrected chi connectivity index (χ4v) is 3.11. The fourth-order valence-electron chi connectivity index (χ4n) is 1.66. The Kier molecular flexibility index (Phi) is 2.31. The molecule has 1 aromatic carbocycles. The summed E-state index contributed by atoms with van der Waals surface area (Å²) in [5, 5.41) is 4.11. The van der Waals surface area contributed by atoms with Crippen LogP contribution in [0, 0.1) is 6.92 Å². The van der Waals surface area contributed by atoms with E-state index in [0.717, 1.165) is 11.4 Å². The molecule has 68 valence electrons. The second-order valence-electron chi connectivity index (χ2n) is 3.17. The molecule has 0 saturated carbocycles. The molecule has 2 rings (SSSR count). The van der Waals surface area contributed by atoms with Crippen LogP contribution in [0.4, 0.5) is 0 Å². The van der Waals surface area contributed by atoms with Crippen LogP contribution in [-0.4, -0.2) is 0 Å². The second-order valence-corrected chi connectivity index (χ2v) is 4.46. The zero-order valence-electron chi connectivity index (χ0n) is 7.73. The van der Waals surface area contributed by atoms with E-state index in [1.165, 1.54) is 21.2 Å². The van der Waals surface area contributed by atoms with Crippen LogP contribution in [0.3, 0.4) is 0 Å². The lowest BCUT2D eigenvalue weighted by Gasteiger charge is -2.03. The summed E-state index contributed by atoms with van der Waals surface area (Å²) in [7, 11) is 0.